The maximum Gasteiger partial charge on any atom is 0.239 e. The third-order valence-corrected chi connectivity index (χ3v) is 2.67. The molecular formula is C9H8BrFN4. The largest absolute Gasteiger partial charge is 0.367 e. The summed E-state index contributed by atoms with van der Waals surface area (Å²) >= 11 is 3.34. The van der Waals surface area contributed by atoms with Crippen LogP contribution in [0.5, 0.6) is 0 Å². The molecule has 2 rings (SSSR count). The fourth-order valence-corrected chi connectivity index (χ4v) is 1.60. The number of benzene rings is 1. The first-order valence-corrected chi connectivity index (χ1v) is 5.03. The monoisotopic (exact) mass is 270 g/mol. The van der Waals surface area contributed by atoms with E-state index in [2.05, 4.69) is 26.0 Å². The fraction of sp³-hybridized carbons (Fsp3) is 0.111. The van der Waals surface area contributed by atoms with E-state index in [4.69, 9.17) is 5.73 Å². The summed E-state index contributed by atoms with van der Waals surface area (Å²) in [6, 6.07) is 4.50. The van der Waals surface area contributed by atoms with Crippen molar-refractivity contribution >= 4 is 21.9 Å². The number of hydrogen-bond donors (Lipinski definition) is 1. The van der Waals surface area contributed by atoms with Crippen LogP contribution in [0, 0.1) is 5.82 Å². The molecule has 0 unspecified atom stereocenters. The first kappa shape index (κ1) is 10.1. The number of aromatic nitrogens is 3. The molecular weight excluding hydrogens is 263 g/mol. The lowest BCUT2D eigenvalue weighted by Crippen LogP contribution is -2.02. The highest BCUT2D eigenvalue weighted by Gasteiger charge is 2.04. The number of anilines is 1. The third-order valence-electron chi connectivity index (χ3n) is 1.89. The molecule has 0 atom stereocenters. The van der Waals surface area contributed by atoms with E-state index >= 15 is 0 Å². The summed E-state index contributed by atoms with van der Waals surface area (Å²) in [4.78, 5) is 3.79. The zero-order valence-corrected chi connectivity index (χ0v) is 9.28. The number of hydrogen-bond acceptors (Lipinski definition) is 3. The number of nitrogens with zero attached hydrogens (tertiary/aromatic N) is 3. The zero-order valence-electron chi connectivity index (χ0n) is 7.69. The Kier molecular flexibility index (Phi) is 2.68. The first-order chi connectivity index (χ1) is 7.15. The molecule has 78 valence electrons. The van der Waals surface area contributed by atoms with Crippen molar-refractivity contribution in [1.82, 2.24) is 14.8 Å². The van der Waals surface area contributed by atoms with Crippen molar-refractivity contribution in [3.8, 4) is 0 Å². The van der Waals surface area contributed by atoms with Gasteiger partial charge in [-0.05, 0) is 23.8 Å². The van der Waals surface area contributed by atoms with Crippen LogP contribution in [0.25, 0.3) is 0 Å². The van der Waals surface area contributed by atoms with Gasteiger partial charge < -0.3 is 5.73 Å². The second kappa shape index (κ2) is 3.98. The predicted octanol–water partition coefficient (Wildman–Crippen LogP) is 1.81. The van der Waals surface area contributed by atoms with E-state index in [1.807, 2.05) is 0 Å². The van der Waals surface area contributed by atoms with E-state index < -0.39 is 0 Å². The predicted molar refractivity (Wildman–Crippen MR) is 57.6 cm³/mol. The maximum absolute atomic E-state index is 13.0. The van der Waals surface area contributed by atoms with E-state index in [0.29, 0.717) is 6.54 Å². The van der Waals surface area contributed by atoms with Crippen molar-refractivity contribution in [1.29, 1.82) is 0 Å². The van der Waals surface area contributed by atoms with Crippen LogP contribution in [0.3, 0.4) is 0 Å². The first-order valence-electron chi connectivity index (χ1n) is 4.24. The van der Waals surface area contributed by atoms with Crippen LogP contribution in [-0.2, 0) is 6.54 Å². The van der Waals surface area contributed by atoms with Crippen molar-refractivity contribution in [3.63, 3.8) is 0 Å². The lowest BCUT2D eigenvalue weighted by molar-refractivity contribution is 0.618. The number of nitrogens with two attached hydrogens (primary N) is 1. The summed E-state index contributed by atoms with van der Waals surface area (Å²) in [5, 5.41) is 3.92. The van der Waals surface area contributed by atoms with Crippen LogP contribution in [-0.4, -0.2) is 14.8 Å². The Morgan fingerprint density at radius 3 is 2.93 bits per heavy atom. The van der Waals surface area contributed by atoms with Crippen LogP contribution in [0.2, 0.25) is 0 Å². The fourth-order valence-electron chi connectivity index (χ4n) is 1.22. The van der Waals surface area contributed by atoms with Gasteiger partial charge in [-0.25, -0.2) is 14.1 Å². The van der Waals surface area contributed by atoms with E-state index in [9.17, 15) is 4.39 Å². The Bertz CT molecular complexity index is 483. The van der Waals surface area contributed by atoms with Crippen LogP contribution in [0.1, 0.15) is 5.56 Å². The van der Waals surface area contributed by atoms with Crippen LogP contribution in [0.4, 0.5) is 10.3 Å². The topological polar surface area (TPSA) is 56.7 Å². The van der Waals surface area contributed by atoms with E-state index in [0.717, 1.165) is 10.0 Å². The van der Waals surface area contributed by atoms with Crippen LogP contribution in [0.15, 0.2) is 29.0 Å². The molecule has 0 spiro atoms. The lowest BCUT2D eigenvalue weighted by atomic mass is 10.2. The summed E-state index contributed by atoms with van der Waals surface area (Å²) in [5.41, 5.74) is 6.16. The highest BCUT2D eigenvalue weighted by atomic mass is 79.9. The average Bonchev–Trinajstić information content (AvgIpc) is 2.58. The minimum Gasteiger partial charge on any atom is -0.367 e. The van der Waals surface area contributed by atoms with Gasteiger partial charge in [0.25, 0.3) is 0 Å². The van der Waals surface area contributed by atoms with Crippen molar-refractivity contribution < 1.29 is 4.39 Å². The average molecular weight is 271 g/mol. The molecule has 15 heavy (non-hydrogen) atoms. The highest BCUT2D eigenvalue weighted by Crippen LogP contribution is 2.18. The molecule has 0 saturated heterocycles. The van der Waals surface area contributed by atoms with Gasteiger partial charge in [0.05, 0.1) is 6.54 Å². The van der Waals surface area contributed by atoms with Gasteiger partial charge in [-0.2, -0.15) is 0 Å². The minimum atomic E-state index is -0.277. The van der Waals surface area contributed by atoms with Gasteiger partial charge in [-0.1, -0.05) is 15.9 Å². The standard InChI is InChI=1S/C9H8BrFN4/c10-8-2-1-7(11)3-6(8)4-15-5-13-9(12)14-15/h1-3,5H,4H2,(H2,12,14). The molecule has 0 bridgehead atoms. The van der Waals surface area contributed by atoms with Crippen molar-refractivity contribution in [2.24, 2.45) is 0 Å². The van der Waals surface area contributed by atoms with Gasteiger partial charge in [-0.3, -0.25) is 0 Å². The second-order valence-electron chi connectivity index (χ2n) is 3.04. The maximum atomic E-state index is 13.0. The van der Waals surface area contributed by atoms with Gasteiger partial charge >= 0.3 is 0 Å². The number of halogens is 2. The molecule has 0 aliphatic heterocycles. The third kappa shape index (κ3) is 2.33. The van der Waals surface area contributed by atoms with Crippen molar-refractivity contribution in [2.75, 3.05) is 5.73 Å². The van der Waals surface area contributed by atoms with Gasteiger partial charge in [-0.15, -0.1) is 5.10 Å². The highest BCUT2D eigenvalue weighted by molar-refractivity contribution is 9.10. The Balaban J connectivity index is 2.27. The molecule has 0 saturated carbocycles. The van der Waals surface area contributed by atoms with Gasteiger partial charge in [0.15, 0.2) is 0 Å². The molecule has 0 aliphatic rings. The Morgan fingerprint density at radius 2 is 2.27 bits per heavy atom. The molecule has 6 heteroatoms. The Hall–Kier alpha value is -1.43. The molecule has 0 radical (unpaired) electrons. The molecule has 1 heterocycles. The lowest BCUT2D eigenvalue weighted by Gasteiger charge is -2.03. The number of rotatable bonds is 2. The summed E-state index contributed by atoms with van der Waals surface area (Å²) in [7, 11) is 0. The second-order valence-corrected chi connectivity index (χ2v) is 3.89. The van der Waals surface area contributed by atoms with Crippen LogP contribution < -0.4 is 5.73 Å². The Labute approximate surface area is 94.1 Å². The summed E-state index contributed by atoms with van der Waals surface area (Å²) in [6.07, 6.45) is 1.51. The van der Waals surface area contributed by atoms with E-state index in [-0.39, 0.29) is 11.8 Å². The Morgan fingerprint density at radius 1 is 1.47 bits per heavy atom. The SMILES string of the molecule is Nc1ncn(Cc2cc(F)ccc2Br)n1. The van der Waals surface area contributed by atoms with Crippen molar-refractivity contribution in [2.45, 2.75) is 6.54 Å². The quantitative estimate of drug-likeness (QED) is 0.906. The molecule has 4 nitrogen and oxygen atoms in total. The smallest absolute Gasteiger partial charge is 0.239 e. The molecule has 0 amide bonds. The van der Waals surface area contributed by atoms with E-state index in [1.54, 1.807) is 10.7 Å². The summed E-state index contributed by atoms with van der Waals surface area (Å²) in [5.74, 6) is -0.0659. The van der Waals surface area contributed by atoms with Crippen molar-refractivity contribution in [3.05, 3.63) is 40.4 Å². The van der Waals surface area contributed by atoms with Gasteiger partial charge in [0.1, 0.15) is 12.1 Å². The molecule has 2 aromatic rings. The minimum absolute atomic E-state index is 0.211. The molecule has 2 N–H and O–H groups in total. The van der Waals surface area contributed by atoms with Crippen LogP contribution >= 0.6 is 15.9 Å². The zero-order chi connectivity index (χ0) is 10.8. The van der Waals surface area contributed by atoms with E-state index in [1.165, 1.54) is 18.5 Å². The normalized spacial score (nSPS) is 10.5. The van der Waals surface area contributed by atoms with Gasteiger partial charge in [0.2, 0.25) is 5.95 Å². The number of nitrogen functional groups attached to an aromatic ring is 1. The molecule has 0 aliphatic carbocycles. The molecule has 0 fully saturated rings. The molecule has 1 aromatic heterocycles. The summed E-state index contributed by atoms with van der Waals surface area (Å²) in [6.45, 7) is 0.433. The van der Waals surface area contributed by atoms with Gasteiger partial charge in [0, 0.05) is 4.47 Å². The molecule has 1 aromatic carbocycles. The summed E-state index contributed by atoms with van der Waals surface area (Å²) < 4.78 is 15.3.